The molecule has 0 saturated heterocycles. The van der Waals surface area contributed by atoms with Gasteiger partial charge in [-0.25, -0.2) is 0 Å². The highest BCUT2D eigenvalue weighted by Gasteiger charge is 2.43. The van der Waals surface area contributed by atoms with Crippen LogP contribution in [0.1, 0.15) is 11.1 Å². The summed E-state index contributed by atoms with van der Waals surface area (Å²) in [4.78, 5) is 12.0. The highest BCUT2D eigenvalue weighted by atomic mass is 32.2. The minimum Gasteiger partial charge on any atom is -0.290 e. The summed E-state index contributed by atoms with van der Waals surface area (Å²) in [6, 6.07) is 13.1. The molecule has 3 aliphatic carbocycles. The van der Waals surface area contributed by atoms with Gasteiger partial charge in [0.15, 0.2) is 5.78 Å². The molecule has 27 heavy (non-hydrogen) atoms. The van der Waals surface area contributed by atoms with Gasteiger partial charge in [-0.15, -0.1) is 11.8 Å². The number of benzene rings is 2. The molecule has 1 spiro atoms. The number of rotatable bonds is 0. The topological polar surface area (TPSA) is 17.1 Å². The van der Waals surface area contributed by atoms with E-state index in [1.54, 1.807) is 12.2 Å². The van der Waals surface area contributed by atoms with Crippen molar-refractivity contribution in [3.05, 3.63) is 97.6 Å². The molecule has 0 amide bonds. The number of thioether (sulfide) groups is 1. The van der Waals surface area contributed by atoms with Crippen molar-refractivity contribution in [2.75, 3.05) is 5.75 Å². The second-order valence-electron chi connectivity index (χ2n) is 7.36. The van der Waals surface area contributed by atoms with Crippen molar-refractivity contribution in [2.45, 2.75) is 5.41 Å². The first-order chi connectivity index (χ1) is 13.3. The van der Waals surface area contributed by atoms with Crippen molar-refractivity contribution in [2.24, 2.45) is 0 Å². The summed E-state index contributed by atoms with van der Waals surface area (Å²) in [5.74, 6) is 1.05. The molecule has 2 aromatic rings. The third-order valence-corrected chi connectivity index (χ3v) is 7.00. The van der Waals surface area contributed by atoms with E-state index in [1.807, 2.05) is 17.8 Å². The van der Waals surface area contributed by atoms with E-state index in [0.29, 0.717) is 0 Å². The van der Waals surface area contributed by atoms with Gasteiger partial charge in [0.1, 0.15) is 0 Å². The van der Waals surface area contributed by atoms with E-state index >= 15 is 0 Å². The molecule has 1 aliphatic heterocycles. The first-order valence-electron chi connectivity index (χ1n) is 9.17. The number of ketones is 1. The van der Waals surface area contributed by atoms with Crippen LogP contribution in [0.5, 0.6) is 0 Å². The SMILES string of the molecule is O=C1C=Cc2ccc3c(c2=C1)=CC=C1C=c2ccccc2=C2C=CSCC123. The molecule has 0 saturated carbocycles. The van der Waals surface area contributed by atoms with E-state index in [-0.39, 0.29) is 11.2 Å². The van der Waals surface area contributed by atoms with Gasteiger partial charge >= 0.3 is 0 Å². The van der Waals surface area contributed by atoms with Gasteiger partial charge in [-0.1, -0.05) is 60.7 Å². The Hall–Kier alpha value is -2.84. The molecule has 0 bridgehead atoms. The monoisotopic (exact) mass is 364 g/mol. The van der Waals surface area contributed by atoms with E-state index in [4.69, 9.17) is 0 Å². The zero-order chi connectivity index (χ0) is 18.0. The number of carbonyl (C=O) groups excluding carboxylic acids is 1. The molecular formula is C25H16OS. The Kier molecular flexibility index (Phi) is 3.01. The molecule has 1 unspecified atom stereocenters. The fourth-order valence-electron chi connectivity index (χ4n) is 4.84. The molecule has 2 heteroatoms. The fourth-order valence-corrected chi connectivity index (χ4v) is 5.90. The summed E-state index contributed by atoms with van der Waals surface area (Å²) in [7, 11) is 0. The molecule has 6 rings (SSSR count). The lowest BCUT2D eigenvalue weighted by Crippen LogP contribution is -2.50. The number of carbonyl (C=O) groups is 1. The van der Waals surface area contributed by atoms with Crippen molar-refractivity contribution >= 4 is 47.4 Å². The first kappa shape index (κ1) is 15.2. The Balaban J connectivity index is 1.81. The Labute approximate surface area is 161 Å². The second-order valence-corrected chi connectivity index (χ2v) is 8.26. The van der Waals surface area contributed by atoms with Gasteiger partial charge in [-0.05, 0) is 66.8 Å². The van der Waals surface area contributed by atoms with Crippen molar-refractivity contribution in [1.82, 2.24) is 0 Å². The van der Waals surface area contributed by atoms with Gasteiger partial charge in [0.25, 0.3) is 0 Å². The van der Waals surface area contributed by atoms with Crippen LogP contribution in [0.25, 0.3) is 29.9 Å². The number of allylic oxidation sites excluding steroid dienone is 4. The summed E-state index contributed by atoms with van der Waals surface area (Å²) in [5, 5.41) is 7.06. The minimum absolute atomic E-state index is 0.0687. The molecule has 4 aliphatic rings. The normalized spacial score (nSPS) is 23.5. The highest BCUT2D eigenvalue weighted by Crippen LogP contribution is 2.47. The van der Waals surface area contributed by atoms with Gasteiger partial charge in [0, 0.05) is 5.75 Å². The second kappa shape index (κ2) is 5.34. The summed E-state index contributed by atoms with van der Waals surface area (Å²) < 4.78 is 0. The molecule has 0 N–H and O–H groups in total. The van der Waals surface area contributed by atoms with E-state index in [9.17, 15) is 4.79 Å². The lowest BCUT2D eigenvalue weighted by Gasteiger charge is -2.42. The van der Waals surface area contributed by atoms with Gasteiger partial charge < -0.3 is 0 Å². The first-order valence-corrected chi connectivity index (χ1v) is 10.2. The van der Waals surface area contributed by atoms with Crippen LogP contribution in [0, 0.1) is 0 Å². The van der Waals surface area contributed by atoms with Crippen LogP contribution >= 0.6 is 11.8 Å². The van der Waals surface area contributed by atoms with Gasteiger partial charge in [0.05, 0.1) is 5.41 Å². The van der Waals surface area contributed by atoms with Crippen molar-refractivity contribution < 1.29 is 4.79 Å². The van der Waals surface area contributed by atoms with Crippen LogP contribution < -0.4 is 20.9 Å². The lowest BCUT2D eigenvalue weighted by molar-refractivity contribution is -0.109. The van der Waals surface area contributed by atoms with Crippen LogP contribution in [0.3, 0.4) is 0 Å². The Bertz CT molecular complexity index is 1380. The Morgan fingerprint density at radius 3 is 2.78 bits per heavy atom. The summed E-state index contributed by atoms with van der Waals surface area (Å²) in [5.41, 5.74) is 5.01. The smallest absolute Gasteiger partial charge is 0.179 e. The molecule has 0 radical (unpaired) electrons. The predicted molar refractivity (Wildman–Crippen MR) is 114 cm³/mol. The number of hydrogen-bond acceptors (Lipinski definition) is 2. The van der Waals surface area contributed by atoms with Crippen molar-refractivity contribution in [3.8, 4) is 0 Å². The number of hydrogen-bond donors (Lipinski definition) is 0. The lowest BCUT2D eigenvalue weighted by atomic mass is 9.64. The van der Waals surface area contributed by atoms with Crippen LogP contribution in [0.4, 0.5) is 0 Å². The molecule has 128 valence electrons. The zero-order valence-electron chi connectivity index (χ0n) is 14.6. The minimum atomic E-state index is -0.148. The van der Waals surface area contributed by atoms with Crippen LogP contribution in [-0.4, -0.2) is 11.5 Å². The van der Waals surface area contributed by atoms with E-state index in [2.05, 4.69) is 66.1 Å². The van der Waals surface area contributed by atoms with Crippen molar-refractivity contribution in [3.63, 3.8) is 0 Å². The maximum Gasteiger partial charge on any atom is 0.179 e. The third kappa shape index (κ3) is 1.94. The Morgan fingerprint density at radius 2 is 1.81 bits per heavy atom. The molecule has 1 heterocycles. The fraction of sp³-hybridized carbons (Fsp3) is 0.0800. The molecule has 1 atom stereocenters. The molecular weight excluding hydrogens is 348 g/mol. The van der Waals surface area contributed by atoms with E-state index in [0.717, 1.165) is 16.5 Å². The average Bonchev–Trinajstić information content (AvgIpc) is 2.71. The van der Waals surface area contributed by atoms with Crippen molar-refractivity contribution in [1.29, 1.82) is 0 Å². The number of fused-ring (bicyclic) bond motifs is 4. The van der Waals surface area contributed by atoms with Gasteiger partial charge in [-0.3, -0.25) is 4.79 Å². The van der Waals surface area contributed by atoms with Gasteiger partial charge in [-0.2, -0.15) is 0 Å². The van der Waals surface area contributed by atoms with Gasteiger partial charge in [0.2, 0.25) is 0 Å². The standard InChI is InChI=1S/C25H16OS/c26-19-8-5-16-6-10-23-21(22(16)14-19)9-7-18-13-17-3-1-2-4-20(17)24-11-12-27-15-25(18,23)24/h1-14H,15H2. The predicted octanol–water partition coefficient (Wildman–Crippen LogP) is 1.93. The molecule has 2 aromatic carbocycles. The van der Waals surface area contributed by atoms with Crippen LogP contribution in [-0.2, 0) is 10.2 Å². The van der Waals surface area contributed by atoms with Crippen LogP contribution in [0.15, 0.2) is 65.6 Å². The molecule has 1 nitrogen and oxygen atoms in total. The highest BCUT2D eigenvalue weighted by molar-refractivity contribution is 8.02. The zero-order valence-corrected chi connectivity index (χ0v) is 15.4. The average molecular weight is 364 g/mol. The summed E-state index contributed by atoms with van der Waals surface area (Å²) in [6.45, 7) is 0. The largest absolute Gasteiger partial charge is 0.290 e. The maximum absolute atomic E-state index is 12.0. The van der Waals surface area contributed by atoms with Crippen LogP contribution in [0.2, 0.25) is 0 Å². The van der Waals surface area contributed by atoms with E-state index < -0.39 is 0 Å². The molecule has 0 aromatic heterocycles. The maximum atomic E-state index is 12.0. The summed E-state index contributed by atoms with van der Waals surface area (Å²) >= 11 is 1.87. The quantitative estimate of drug-likeness (QED) is 0.711. The molecule has 0 fully saturated rings. The Morgan fingerprint density at radius 1 is 0.889 bits per heavy atom. The summed E-state index contributed by atoms with van der Waals surface area (Å²) in [6.07, 6.45) is 14.5. The van der Waals surface area contributed by atoms with E-state index in [1.165, 1.54) is 32.4 Å². The third-order valence-electron chi connectivity index (χ3n) is 6.07.